The van der Waals surface area contributed by atoms with Crippen molar-refractivity contribution in [3.05, 3.63) is 82.7 Å². The molecule has 5 heteroatoms. The van der Waals surface area contributed by atoms with Gasteiger partial charge in [-0.3, -0.25) is 4.98 Å². The molecule has 0 atom stereocenters. The fourth-order valence-corrected chi connectivity index (χ4v) is 4.37. The van der Waals surface area contributed by atoms with Crippen LogP contribution in [0.15, 0.2) is 65.9 Å². The minimum absolute atomic E-state index is 0.692. The molecule has 31 heavy (non-hydrogen) atoms. The summed E-state index contributed by atoms with van der Waals surface area (Å²) in [7, 11) is 1.67. The number of thioether (sulfide) groups is 1. The molecule has 0 fully saturated rings. The molecular weight excluding hydrogens is 402 g/mol. The first-order valence-corrected chi connectivity index (χ1v) is 12.1. The Bertz CT molecular complexity index is 951. The van der Waals surface area contributed by atoms with Gasteiger partial charge >= 0.3 is 0 Å². The first-order chi connectivity index (χ1) is 15.1. The molecule has 0 radical (unpaired) electrons. The predicted octanol–water partition coefficient (Wildman–Crippen LogP) is 5.71. The normalized spacial score (nSPS) is 15.3. The molecule has 0 saturated carbocycles. The number of ether oxygens (including phenoxy) is 1. The van der Waals surface area contributed by atoms with Crippen LogP contribution in [0.5, 0.6) is 5.88 Å². The van der Waals surface area contributed by atoms with E-state index in [2.05, 4.69) is 52.0 Å². The Balaban J connectivity index is 1.53. The summed E-state index contributed by atoms with van der Waals surface area (Å²) in [5.74, 6) is 0.692. The van der Waals surface area contributed by atoms with Crippen LogP contribution in [0.4, 0.5) is 0 Å². The van der Waals surface area contributed by atoms with E-state index in [1.54, 1.807) is 7.11 Å². The van der Waals surface area contributed by atoms with Gasteiger partial charge < -0.3 is 9.64 Å². The Hall–Kier alpha value is -2.37. The maximum absolute atomic E-state index is 5.24. The van der Waals surface area contributed by atoms with Crippen molar-refractivity contribution < 1.29 is 4.74 Å². The Morgan fingerprint density at radius 1 is 1.23 bits per heavy atom. The zero-order valence-corrected chi connectivity index (χ0v) is 19.8. The fraction of sp³-hybridized carbons (Fsp3) is 0.385. The van der Waals surface area contributed by atoms with Crippen molar-refractivity contribution in [3.8, 4) is 5.88 Å². The molecule has 0 bridgehead atoms. The van der Waals surface area contributed by atoms with Gasteiger partial charge in [0.2, 0.25) is 5.88 Å². The number of nitrogens with zero attached hydrogens (tertiary/aromatic N) is 3. The van der Waals surface area contributed by atoms with Gasteiger partial charge in [0.1, 0.15) is 0 Å². The van der Waals surface area contributed by atoms with Crippen molar-refractivity contribution in [2.75, 3.05) is 33.0 Å². The third kappa shape index (κ3) is 7.37. The molecule has 0 N–H and O–H groups in total. The minimum atomic E-state index is 0.692. The Morgan fingerprint density at radius 2 is 2.06 bits per heavy atom. The molecule has 4 nitrogen and oxygen atoms in total. The van der Waals surface area contributed by atoms with Crippen LogP contribution in [0, 0.1) is 6.92 Å². The lowest BCUT2D eigenvalue weighted by Crippen LogP contribution is -2.27. The van der Waals surface area contributed by atoms with E-state index in [0.717, 1.165) is 62.1 Å². The summed E-state index contributed by atoms with van der Waals surface area (Å²) in [6.45, 7) is 9.60. The van der Waals surface area contributed by atoms with Gasteiger partial charge in [0.15, 0.2) is 0 Å². The molecule has 2 aromatic rings. The van der Waals surface area contributed by atoms with Gasteiger partial charge in [0.25, 0.3) is 0 Å². The second-order valence-corrected chi connectivity index (χ2v) is 8.83. The number of hydrogen-bond acceptors (Lipinski definition) is 5. The molecule has 164 valence electrons. The number of rotatable bonds is 9. The number of allylic oxidation sites excluding steroid dienone is 3. The van der Waals surface area contributed by atoms with Gasteiger partial charge in [0, 0.05) is 43.8 Å². The smallest absolute Gasteiger partial charge is 0.213 e. The van der Waals surface area contributed by atoms with Crippen LogP contribution < -0.4 is 4.74 Å². The lowest BCUT2D eigenvalue weighted by Gasteiger charge is -2.20. The number of hydrogen-bond donors (Lipinski definition) is 0. The van der Waals surface area contributed by atoms with E-state index >= 15 is 0 Å². The van der Waals surface area contributed by atoms with E-state index in [4.69, 9.17) is 4.74 Å². The van der Waals surface area contributed by atoms with E-state index in [1.807, 2.05) is 43.2 Å². The maximum Gasteiger partial charge on any atom is 0.213 e. The van der Waals surface area contributed by atoms with Crippen LogP contribution in [0.1, 0.15) is 36.1 Å². The van der Waals surface area contributed by atoms with Crippen molar-refractivity contribution in [2.24, 2.45) is 0 Å². The molecule has 2 aromatic heterocycles. The van der Waals surface area contributed by atoms with E-state index in [1.165, 1.54) is 16.0 Å². The van der Waals surface area contributed by atoms with Crippen LogP contribution in [-0.2, 0) is 6.42 Å². The van der Waals surface area contributed by atoms with Crippen molar-refractivity contribution in [1.29, 1.82) is 0 Å². The molecule has 0 saturated heterocycles. The van der Waals surface area contributed by atoms with Crippen molar-refractivity contribution >= 4 is 17.3 Å². The average molecular weight is 436 g/mol. The summed E-state index contributed by atoms with van der Waals surface area (Å²) in [6, 6.07) is 8.24. The van der Waals surface area contributed by atoms with Crippen LogP contribution in [0.25, 0.3) is 5.57 Å². The molecule has 3 rings (SSSR count). The third-order valence-electron chi connectivity index (χ3n) is 5.62. The maximum atomic E-state index is 5.24. The predicted molar refractivity (Wildman–Crippen MR) is 132 cm³/mol. The minimum Gasteiger partial charge on any atom is -0.481 e. The van der Waals surface area contributed by atoms with Crippen molar-refractivity contribution in [2.45, 2.75) is 32.6 Å². The van der Waals surface area contributed by atoms with Crippen LogP contribution in [0.2, 0.25) is 0 Å². The molecule has 0 aromatic carbocycles. The molecule has 3 heterocycles. The largest absolute Gasteiger partial charge is 0.481 e. The standard InChI is InChI=1S/C26H33N3OS/c1-20(24-8-12-27-21(2)17-24)16-25(31-4)18-22-6-5-13-29(14-9-22)15-10-23-7-11-28-26(19-23)30-3/h6-8,11-12,16-17,19H,1,5,9-10,13-15,18H2,2-4H3. The Labute approximate surface area is 191 Å². The van der Waals surface area contributed by atoms with Crippen LogP contribution in [0.3, 0.4) is 0 Å². The lowest BCUT2D eigenvalue weighted by atomic mass is 10.0. The highest BCUT2D eigenvalue weighted by molar-refractivity contribution is 8.02. The van der Waals surface area contributed by atoms with Crippen LogP contribution in [-0.4, -0.2) is 47.9 Å². The summed E-state index contributed by atoms with van der Waals surface area (Å²) in [6.07, 6.45) is 14.8. The number of aromatic nitrogens is 2. The quantitative estimate of drug-likeness (QED) is 0.373. The molecule has 0 aliphatic carbocycles. The first-order valence-electron chi connectivity index (χ1n) is 10.8. The lowest BCUT2D eigenvalue weighted by molar-refractivity contribution is 0.291. The van der Waals surface area contributed by atoms with E-state index in [9.17, 15) is 0 Å². The first kappa shape index (κ1) is 23.3. The molecule has 1 aliphatic rings. The molecule has 0 unspecified atom stereocenters. The monoisotopic (exact) mass is 435 g/mol. The van der Waals surface area contributed by atoms with Crippen LogP contribution >= 0.6 is 11.8 Å². The average Bonchev–Trinajstić information content (AvgIpc) is 3.02. The zero-order valence-electron chi connectivity index (χ0n) is 18.9. The van der Waals surface area contributed by atoms with Gasteiger partial charge in [-0.05, 0) is 84.7 Å². The highest BCUT2D eigenvalue weighted by Gasteiger charge is 2.12. The summed E-state index contributed by atoms with van der Waals surface area (Å²) in [4.78, 5) is 12.4. The number of methoxy groups -OCH3 is 1. The van der Waals surface area contributed by atoms with E-state index < -0.39 is 0 Å². The summed E-state index contributed by atoms with van der Waals surface area (Å²) in [5.41, 5.74) is 6.04. The highest BCUT2D eigenvalue weighted by Crippen LogP contribution is 2.28. The second kappa shape index (κ2) is 11.9. The number of pyridine rings is 2. The number of aryl methyl sites for hydroxylation is 1. The fourth-order valence-electron chi connectivity index (χ4n) is 3.78. The van der Waals surface area contributed by atoms with Gasteiger partial charge in [-0.25, -0.2) is 4.98 Å². The van der Waals surface area contributed by atoms with Gasteiger partial charge in [0.05, 0.1) is 7.11 Å². The molecule has 0 spiro atoms. The van der Waals surface area contributed by atoms with Crippen molar-refractivity contribution in [1.82, 2.24) is 14.9 Å². The van der Waals surface area contributed by atoms with E-state index in [-0.39, 0.29) is 0 Å². The molecular formula is C26H33N3OS. The van der Waals surface area contributed by atoms with E-state index in [0.29, 0.717) is 5.88 Å². The molecule has 0 amide bonds. The SMILES string of the molecule is C=C(C=C(CC1=CCCN(CCc2ccnc(OC)c2)CC1)SC)c1ccnc(C)c1. The Morgan fingerprint density at radius 3 is 2.84 bits per heavy atom. The zero-order chi connectivity index (χ0) is 22.1. The Kier molecular flexibility index (Phi) is 8.92. The van der Waals surface area contributed by atoms with Crippen molar-refractivity contribution in [3.63, 3.8) is 0 Å². The van der Waals surface area contributed by atoms with Gasteiger partial charge in [-0.2, -0.15) is 0 Å². The molecule has 1 aliphatic heterocycles. The summed E-state index contributed by atoms with van der Waals surface area (Å²) >= 11 is 1.82. The van der Waals surface area contributed by atoms with Gasteiger partial charge in [-0.1, -0.05) is 18.2 Å². The summed E-state index contributed by atoms with van der Waals surface area (Å²) < 4.78 is 5.24. The highest BCUT2D eigenvalue weighted by atomic mass is 32.2. The third-order valence-corrected chi connectivity index (χ3v) is 6.41. The topological polar surface area (TPSA) is 38.2 Å². The second-order valence-electron chi connectivity index (χ2n) is 7.90. The summed E-state index contributed by atoms with van der Waals surface area (Å²) in [5, 5.41) is 0. The van der Waals surface area contributed by atoms with Gasteiger partial charge in [-0.15, -0.1) is 11.8 Å².